The summed E-state index contributed by atoms with van der Waals surface area (Å²) in [6.45, 7) is 5.94. The summed E-state index contributed by atoms with van der Waals surface area (Å²) in [4.78, 5) is 10.8. The third-order valence-electron chi connectivity index (χ3n) is 4.21. The molecule has 0 spiro atoms. The second kappa shape index (κ2) is 7.21. The fourth-order valence-electron chi connectivity index (χ4n) is 2.82. The van der Waals surface area contributed by atoms with Crippen molar-refractivity contribution in [2.24, 2.45) is 4.99 Å². The summed E-state index contributed by atoms with van der Waals surface area (Å²) >= 11 is 0. The first-order valence-electron chi connectivity index (χ1n) is 8.32. The lowest BCUT2D eigenvalue weighted by molar-refractivity contribution is 0.474. The number of phenols is 2. The first-order valence-corrected chi connectivity index (χ1v) is 8.32. The van der Waals surface area contributed by atoms with Crippen LogP contribution in [0.5, 0.6) is 11.5 Å². The van der Waals surface area contributed by atoms with Crippen LogP contribution in [0.1, 0.15) is 19.4 Å². The molecule has 2 N–H and O–H groups in total. The molecule has 0 atom stereocenters. The molecule has 1 heterocycles. The zero-order chi connectivity index (χ0) is 17.8. The van der Waals surface area contributed by atoms with Crippen LogP contribution in [0.15, 0.2) is 53.7 Å². The maximum Gasteiger partial charge on any atom is 0.141 e. The van der Waals surface area contributed by atoms with Crippen molar-refractivity contribution >= 4 is 28.5 Å². The average Bonchev–Trinajstić information content (AvgIpc) is 2.64. The van der Waals surface area contributed by atoms with Gasteiger partial charge in [-0.05, 0) is 50.2 Å². The standard InChI is InChI=1S/C20H21N3O2/c1-3-23(4-2)15-8-7-14(19(25)12-15)13-22-17-9-10-18(24)20-16(17)6-5-11-21-20/h5-13,24-25H,3-4H2,1-2H3/b22-13+. The average molecular weight is 335 g/mol. The van der Waals surface area contributed by atoms with Crippen molar-refractivity contribution in [3.05, 3.63) is 54.2 Å². The van der Waals surface area contributed by atoms with E-state index in [-0.39, 0.29) is 11.5 Å². The number of fused-ring (bicyclic) bond motifs is 1. The second-order valence-corrected chi connectivity index (χ2v) is 5.68. The van der Waals surface area contributed by atoms with Crippen LogP contribution in [0, 0.1) is 0 Å². The van der Waals surface area contributed by atoms with Crippen LogP contribution in [0.2, 0.25) is 0 Å². The van der Waals surface area contributed by atoms with Crippen molar-refractivity contribution in [2.45, 2.75) is 13.8 Å². The van der Waals surface area contributed by atoms with E-state index in [1.54, 1.807) is 36.7 Å². The predicted molar refractivity (Wildman–Crippen MR) is 102 cm³/mol. The number of aliphatic imine (C=N–C) groups is 1. The highest BCUT2D eigenvalue weighted by molar-refractivity contribution is 5.96. The third kappa shape index (κ3) is 3.40. The Hall–Kier alpha value is -3.08. The third-order valence-corrected chi connectivity index (χ3v) is 4.21. The zero-order valence-electron chi connectivity index (χ0n) is 14.3. The number of anilines is 1. The van der Waals surface area contributed by atoms with Crippen molar-refractivity contribution < 1.29 is 10.2 Å². The molecule has 2 aromatic carbocycles. The molecule has 0 unspecified atom stereocenters. The van der Waals surface area contributed by atoms with E-state index < -0.39 is 0 Å². The summed E-state index contributed by atoms with van der Waals surface area (Å²) < 4.78 is 0. The van der Waals surface area contributed by atoms with Crippen molar-refractivity contribution in [3.8, 4) is 11.5 Å². The second-order valence-electron chi connectivity index (χ2n) is 5.68. The van der Waals surface area contributed by atoms with Gasteiger partial charge in [-0.15, -0.1) is 0 Å². The normalized spacial score (nSPS) is 11.3. The van der Waals surface area contributed by atoms with Gasteiger partial charge in [-0.1, -0.05) is 0 Å². The molecular formula is C20H21N3O2. The van der Waals surface area contributed by atoms with Crippen molar-refractivity contribution in [2.75, 3.05) is 18.0 Å². The van der Waals surface area contributed by atoms with Gasteiger partial charge < -0.3 is 15.1 Å². The van der Waals surface area contributed by atoms with Crippen molar-refractivity contribution in [3.63, 3.8) is 0 Å². The van der Waals surface area contributed by atoms with Crippen LogP contribution >= 0.6 is 0 Å². The zero-order valence-corrected chi connectivity index (χ0v) is 14.3. The fourth-order valence-corrected chi connectivity index (χ4v) is 2.82. The molecule has 0 saturated heterocycles. The Balaban J connectivity index is 1.94. The minimum atomic E-state index is 0.126. The molecular weight excluding hydrogens is 314 g/mol. The topological polar surface area (TPSA) is 69.0 Å². The van der Waals surface area contributed by atoms with Gasteiger partial charge in [0.15, 0.2) is 0 Å². The monoisotopic (exact) mass is 335 g/mol. The molecule has 5 nitrogen and oxygen atoms in total. The number of hydrogen-bond acceptors (Lipinski definition) is 5. The van der Waals surface area contributed by atoms with E-state index in [0.29, 0.717) is 16.8 Å². The molecule has 0 radical (unpaired) electrons. The van der Waals surface area contributed by atoms with E-state index in [1.807, 2.05) is 18.2 Å². The molecule has 0 fully saturated rings. The first kappa shape index (κ1) is 16.8. The Labute approximate surface area is 146 Å². The molecule has 3 rings (SSSR count). The number of aromatic nitrogens is 1. The fraction of sp³-hybridized carbons (Fsp3) is 0.200. The molecule has 0 aliphatic heterocycles. The summed E-state index contributed by atoms with van der Waals surface area (Å²) in [5.41, 5.74) is 2.83. The minimum Gasteiger partial charge on any atom is -0.507 e. The van der Waals surface area contributed by atoms with Gasteiger partial charge in [0.05, 0.1) is 5.69 Å². The molecule has 1 aromatic heterocycles. The maximum atomic E-state index is 10.3. The Morgan fingerprint density at radius 3 is 2.56 bits per heavy atom. The van der Waals surface area contributed by atoms with E-state index in [4.69, 9.17) is 0 Å². The van der Waals surface area contributed by atoms with Gasteiger partial charge in [0.25, 0.3) is 0 Å². The van der Waals surface area contributed by atoms with E-state index in [9.17, 15) is 10.2 Å². The number of hydrogen-bond donors (Lipinski definition) is 2. The molecule has 0 aliphatic rings. The largest absolute Gasteiger partial charge is 0.507 e. The van der Waals surface area contributed by atoms with E-state index in [1.165, 1.54) is 0 Å². The number of rotatable bonds is 5. The minimum absolute atomic E-state index is 0.126. The number of phenolic OH excluding ortho intramolecular Hbond substituents is 2. The van der Waals surface area contributed by atoms with Crippen LogP contribution in [-0.4, -0.2) is 34.5 Å². The van der Waals surface area contributed by atoms with Crippen LogP contribution in [0.4, 0.5) is 11.4 Å². The Morgan fingerprint density at radius 1 is 1.04 bits per heavy atom. The van der Waals surface area contributed by atoms with Gasteiger partial charge in [-0.25, -0.2) is 0 Å². The summed E-state index contributed by atoms with van der Waals surface area (Å²) in [5.74, 6) is 0.315. The molecule has 0 amide bonds. The van der Waals surface area contributed by atoms with Gasteiger partial charge in [0.2, 0.25) is 0 Å². The smallest absolute Gasteiger partial charge is 0.141 e. The molecule has 128 valence electrons. The van der Waals surface area contributed by atoms with Crippen LogP contribution in [-0.2, 0) is 0 Å². The number of pyridine rings is 1. The lowest BCUT2D eigenvalue weighted by Gasteiger charge is -2.21. The van der Waals surface area contributed by atoms with E-state index >= 15 is 0 Å². The predicted octanol–water partition coefficient (Wildman–Crippen LogP) is 4.24. The molecule has 0 saturated carbocycles. The highest BCUT2D eigenvalue weighted by Crippen LogP contribution is 2.31. The molecule has 0 bridgehead atoms. The van der Waals surface area contributed by atoms with Crippen molar-refractivity contribution in [1.29, 1.82) is 0 Å². The van der Waals surface area contributed by atoms with Gasteiger partial charge in [0, 0.05) is 48.2 Å². The summed E-state index contributed by atoms with van der Waals surface area (Å²) in [6, 6.07) is 12.6. The summed E-state index contributed by atoms with van der Waals surface area (Å²) in [7, 11) is 0. The number of aromatic hydroxyl groups is 2. The SMILES string of the molecule is CCN(CC)c1ccc(/C=N/c2ccc(O)c3ncccc23)c(O)c1. The lowest BCUT2D eigenvalue weighted by atomic mass is 10.1. The van der Waals surface area contributed by atoms with Gasteiger partial charge in [-0.2, -0.15) is 0 Å². The highest BCUT2D eigenvalue weighted by Gasteiger charge is 2.07. The van der Waals surface area contributed by atoms with Gasteiger partial charge in [-0.3, -0.25) is 9.98 Å². The molecule has 0 aliphatic carbocycles. The Morgan fingerprint density at radius 2 is 1.84 bits per heavy atom. The Bertz CT molecular complexity index is 918. The van der Waals surface area contributed by atoms with Crippen LogP contribution in [0.25, 0.3) is 10.9 Å². The van der Waals surface area contributed by atoms with Gasteiger partial charge >= 0.3 is 0 Å². The lowest BCUT2D eigenvalue weighted by Crippen LogP contribution is -2.21. The molecule has 3 aromatic rings. The van der Waals surface area contributed by atoms with Crippen LogP contribution < -0.4 is 4.90 Å². The first-order chi connectivity index (χ1) is 12.1. The highest BCUT2D eigenvalue weighted by atomic mass is 16.3. The Kier molecular flexibility index (Phi) is 4.84. The van der Waals surface area contributed by atoms with Gasteiger partial charge in [0.1, 0.15) is 17.0 Å². The number of nitrogens with zero attached hydrogens (tertiary/aromatic N) is 3. The number of benzene rings is 2. The quantitative estimate of drug-likeness (QED) is 0.684. The van der Waals surface area contributed by atoms with Crippen molar-refractivity contribution in [1.82, 2.24) is 4.98 Å². The van der Waals surface area contributed by atoms with E-state index in [2.05, 4.69) is 28.7 Å². The van der Waals surface area contributed by atoms with E-state index in [0.717, 1.165) is 24.2 Å². The molecule has 25 heavy (non-hydrogen) atoms. The molecule has 5 heteroatoms. The maximum absolute atomic E-state index is 10.3. The summed E-state index contributed by atoms with van der Waals surface area (Å²) in [5, 5.41) is 21.0. The summed E-state index contributed by atoms with van der Waals surface area (Å²) in [6.07, 6.45) is 3.26. The van der Waals surface area contributed by atoms with Crippen LogP contribution in [0.3, 0.4) is 0 Å².